The molecule has 1 aromatic heterocycles. The molecule has 0 unspecified atom stereocenters. The lowest BCUT2D eigenvalue weighted by molar-refractivity contribution is -0.119. The van der Waals surface area contributed by atoms with Crippen LogP contribution in [0.1, 0.15) is 25.7 Å². The molecule has 0 saturated heterocycles. The summed E-state index contributed by atoms with van der Waals surface area (Å²) in [5, 5.41) is 3.01. The van der Waals surface area contributed by atoms with Gasteiger partial charge >= 0.3 is 0 Å². The number of carbonyl (C=O) groups excluding carboxylic acids is 1. The Morgan fingerprint density at radius 2 is 1.85 bits per heavy atom. The quantitative estimate of drug-likeness (QED) is 0.928. The van der Waals surface area contributed by atoms with Gasteiger partial charge in [-0.1, -0.05) is 25.0 Å². The van der Waals surface area contributed by atoms with E-state index in [9.17, 15) is 4.79 Å². The summed E-state index contributed by atoms with van der Waals surface area (Å²) in [5.74, 6) is 0.322. The molecule has 4 heteroatoms. The Morgan fingerprint density at radius 1 is 1.10 bits per heavy atom. The summed E-state index contributed by atoms with van der Waals surface area (Å²) in [6.07, 6.45) is 9.40. The Labute approximate surface area is 118 Å². The van der Waals surface area contributed by atoms with Crippen LogP contribution < -0.4 is 5.32 Å². The molecule has 1 aromatic carbocycles. The van der Waals surface area contributed by atoms with Gasteiger partial charge < -0.3 is 5.32 Å². The van der Waals surface area contributed by atoms with Gasteiger partial charge in [0, 0.05) is 29.6 Å². The Bertz CT molecular complexity index is 592. The standard InChI is InChI=1S/C16H17N3O/c20-16(12-4-1-2-5-12)19-15-7-3-6-13(8-15)14-9-17-11-18-10-14/h3,6-12H,1-2,4-5H2,(H,19,20). The molecule has 102 valence electrons. The van der Waals surface area contributed by atoms with Crippen LogP contribution in [0.5, 0.6) is 0 Å². The summed E-state index contributed by atoms with van der Waals surface area (Å²) < 4.78 is 0. The fourth-order valence-electron chi connectivity index (χ4n) is 2.66. The summed E-state index contributed by atoms with van der Waals surface area (Å²) in [6.45, 7) is 0. The number of nitrogens with one attached hydrogen (secondary N) is 1. The Morgan fingerprint density at radius 3 is 2.60 bits per heavy atom. The van der Waals surface area contributed by atoms with E-state index >= 15 is 0 Å². The highest BCUT2D eigenvalue weighted by molar-refractivity contribution is 5.93. The van der Waals surface area contributed by atoms with Crippen molar-refractivity contribution in [2.45, 2.75) is 25.7 Å². The zero-order chi connectivity index (χ0) is 13.8. The van der Waals surface area contributed by atoms with Gasteiger partial charge in [0.05, 0.1) is 0 Å². The Hall–Kier alpha value is -2.23. The lowest BCUT2D eigenvalue weighted by Gasteiger charge is -2.11. The fraction of sp³-hybridized carbons (Fsp3) is 0.312. The van der Waals surface area contributed by atoms with Crippen LogP contribution in [0, 0.1) is 5.92 Å². The fourth-order valence-corrected chi connectivity index (χ4v) is 2.66. The molecule has 0 bridgehead atoms. The molecular formula is C16H17N3O. The molecule has 2 aromatic rings. The van der Waals surface area contributed by atoms with Crippen molar-refractivity contribution in [3.8, 4) is 11.1 Å². The molecule has 1 saturated carbocycles. The van der Waals surface area contributed by atoms with Crippen LogP contribution in [-0.2, 0) is 4.79 Å². The van der Waals surface area contributed by atoms with Gasteiger partial charge in [-0.05, 0) is 30.5 Å². The Balaban J connectivity index is 1.76. The van der Waals surface area contributed by atoms with E-state index in [0.717, 1.165) is 29.7 Å². The molecule has 0 aliphatic heterocycles. The third kappa shape index (κ3) is 2.85. The van der Waals surface area contributed by atoms with Crippen molar-refractivity contribution in [3.05, 3.63) is 43.0 Å². The normalized spacial score (nSPS) is 15.2. The minimum absolute atomic E-state index is 0.143. The lowest BCUT2D eigenvalue weighted by Crippen LogP contribution is -2.20. The molecule has 0 atom stereocenters. The highest BCUT2D eigenvalue weighted by atomic mass is 16.1. The molecule has 1 fully saturated rings. The second-order valence-electron chi connectivity index (χ2n) is 5.18. The number of hydrogen-bond acceptors (Lipinski definition) is 3. The lowest BCUT2D eigenvalue weighted by atomic mass is 10.1. The van der Waals surface area contributed by atoms with E-state index in [-0.39, 0.29) is 11.8 Å². The Kier molecular flexibility index (Phi) is 3.72. The number of anilines is 1. The third-order valence-corrected chi connectivity index (χ3v) is 3.75. The van der Waals surface area contributed by atoms with Crippen molar-refractivity contribution < 1.29 is 4.79 Å². The van der Waals surface area contributed by atoms with Crippen LogP contribution in [0.4, 0.5) is 5.69 Å². The van der Waals surface area contributed by atoms with Gasteiger partial charge in [0.25, 0.3) is 0 Å². The topological polar surface area (TPSA) is 54.9 Å². The molecular weight excluding hydrogens is 250 g/mol. The second kappa shape index (κ2) is 5.82. The number of nitrogens with zero attached hydrogens (tertiary/aromatic N) is 2. The number of hydrogen-bond donors (Lipinski definition) is 1. The molecule has 1 heterocycles. The number of rotatable bonds is 3. The zero-order valence-electron chi connectivity index (χ0n) is 11.2. The zero-order valence-corrected chi connectivity index (χ0v) is 11.2. The van der Waals surface area contributed by atoms with Gasteiger partial charge in [0.1, 0.15) is 6.33 Å². The van der Waals surface area contributed by atoms with Gasteiger partial charge in [-0.2, -0.15) is 0 Å². The summed E-state index contributed by atoms with van der Waals surface area (Å²) in [4.78, 5) is 20.2. The van der Waals surface area contributed by atoms with Crippen LogP contribution in [-0.4, -0.2) is 15.9 Å². The van der Waals surface area contributed by atoms with Crippen molar-refractivity contribution in [3.63, 3.8) is 0 Å². The minimum atomic E-state index is 0.143. The molecule has 1 aliphatic rings. The second-order valence-corrected chi connectivity index (χ2v) is 5.18. The van der Waals surface area contributed by atoms with Crippen LogP contribution in [0.2, 0.25) is 0 Å². The number of aromatic nitrogens is 2. The predicted molar refractivity (Wildman–Crippen MR) is 78.1 cm³/mol. The van der Waals surface area contributed by atoms with E-state index < -0.39 is 0 Å². The van der Waals surface area contributed by atoms with E-state index in [4.69, 9.17) is 0 Å². The first kappa shape index (κ1) is 12.8. The van der Waals surface area contributed by atoms with Crippen LogP contribution in [0.3, 0.4) is 0 Å². The first-order valence-electron chi connectivity index (χ1n) is 6.99. The van der Waals surface area contributed by atoms with E-state index in [2.05, 4.69) is 15.3 Å². The average Bonchev–Trinajstić information content (AvgIpc) is 3.03. The van der Waals surface area contributed by atoms with E-state index in [1.54, 1.807) is 12.4 Å². The molecule has 4 nitrogen and oxygen atoms in total. The maximum atomic E-state index is 12.1. The molecule has 1 N–H and O–H groups in total. The van der Waals surface area contributed by atoms with Crippen molar-refractivity contribution in [1.82, 2.24) is 9.97 Å². The van der Waals surface area contributed by atoms with E-state index in [1.165, 1.54) is 19.2 Å². The SMILES string of the molecule is O=C(Nc1cccc(-c2cncnc2)c1)C1CCCC1. The number of benzene rings is 1. The van der Waals surface area contributed by atoms with Crippen LogP contribution >= 0.6 is 0 Å². The van der Waals surface area contributed by atoms with Crippen molar-refractivity contribution in [1.29, 1.82) is 0 Å². The first-order valence-corrected chi connectivity index (χ1v) is 6.99. The first-order chi connectivity index (χ1) is 9.83. The highest BCUT2D eigenvalue weighted by Crippen LogP contribution is 2.27. The molecule has 1 amide bonds. The average molecular weight is 267 g/mol. The van der Waals surface area contributed by atoms with E-state index in [1.807, 2.05) is 24.3 Å². The molecule has 1 aliphatic carbocycles. The number of carbonyl (C=O) groups is 1. The monoisotopic (exact) mass is 267 g/mol. The molecule has 3 rings (SSSR count). The summed E-state index contributed by atoms with van der Waals surface area (Å²) in [5.41, 5.74) is 2.79. The van der Waals surface area contributed by atoms with E-state index in [0.29, 0.717) is 0 Å². The summed E-state index contributed by atoms with van der Waals surface area (Å²) in [6, 6.07) is 7.81. The third-order valence-electron chi connectivity index (χ3n) is 3.75. The van der Waals surface area contributed by atoms with Crippen LogP contribution in [0.25, 0.3) is 11.1 Å². The molecule has 20 heavy (non-hydrogen) atoms. The smallest absolute Gasteiger partial charge is 0.227 e. The van der Waals surface area contributed by atoms with Crippen molar-refractivity contribution >= 4 is 11.6 Å². The van der Waals surface area contributed by atoms with Crippen molar-refractivity contribution in [2.75, 3.05) is 5.32 Å². The largest absolute Gasteiger partial charge is 0.326 e. The highest BCUT2D eigenvalue weighted by Gasteiger charge is 2.22. The molecule has 0 spiro atoms. The molecule has 0 radical (unpaired) electrons. The predicted octanol–water partition coefficient (Wildman–Crippen LogP) is 3.27. The summed E-state index contributed by atoms with van der Waals surface area (Å²) >= 11 is 0. The van der Waals surface area contributed by atoms with Gasteiger partial charge in [-0.25, -0.2) is 9.97 Å². The van der Waals surface area contributed by atoms with Crippen LogP contribution in [0.15, 0.2) is 43.0 Å². The maximum Gasteiger partial charge on any atom is 0.227 e. The maximum absolute atomic E-state index is 12.1. The minimum Gasteiger partial charge on any atom is -0.326 e. The summed E-state index contributed by atoms with van der Waals surface area (Å²) in [7, 11) is 0. The van der Waals surface area contributed by atoms with Gasteiger partial charge in [0.15, 0.2) is 0 Å². The number of amides is 1. The van der Waals surface area contributed by atoms with Gasteiger partial charge in [-0.15, -0.1) is 0 Å². The van der Waals surface area contributed by atoms with Gasteiger partial charge in [-0.3, -0.25) is 4.79 Å². The van der Waals surface area contributed by atoms with Gasteiger partial charge in [0.2, 0.25) is 5.91 Å². The van der Waals surface area contributed by atoms with Crippen molar-refractivity contribution in [2.24, 2.45) is 5.92 Å².